The van der Waals surface area contributed by atoms with Gasteiger partial charge in [-0.1, -0.05) is 19.9 Å². The van der Waals surface area contributed by atoms with Crippen molar-refractivity contribution in [1.82, 2.24) is 0 Å². The van der Waals surface area contributed by atoms with E-state index in [2.05, 4.69) is 6.58 Å². The second-order valence-electron chi connectivity index (χ2n) is 2.69. The van der Waals surface area contributed by atoms with Crippen molar-refractivity contribution in [2.75, 3.05) is 0 Å². The molecule has 2 nitrogen and oxygen atoms in total. The Labute approximate surface area is 61.6 Å². The van der Waals surface area contributed by atoms with E-state index in [1.165, 1.54) is 0 Å². The van der Waals surface area contributed by atoms with Crippen LogP contribution in [0.5, 0.6) is 0 Å². The highest BCUT2D eigenvalue weighted by atomic mass is 16.4. The van der Waals surface area contributed by atoms with Crippen LogP contribution in [0.2, 0.25) is 0 Å². The number of allylic oxidation sites excluding steroid dienone is 1. The summed E-state index contributed by atoms with van der Waals surface area (Å²) >= 11 is 0. The third kappa shape index (κ3) is 3.28. The molecule has 0 spiro atoms. The van der Waals surface area contributed by atoms with Gasteiger partial charge in [0, 0.05) is 0 Å². The normalized spacial score (nSPS) is 15.8. The zero-order valence-electron chi connectivity index (χ0n) is 6.50. The molecule has 1 N–H and O–H groups in total. The molecule has 0 aromatic heterocycles. The van der Waals surface area contributed by atoms with Crippen molar-refractivity contribution in [1.29, 1.82) is 0 Å². The summed E-state index contributed by atoms with van der Waals surface area (Å²) in [5.74, 6) is -0.687. The van der Waals surface area contributed by atoms with Crippen LogP contribution in [0.1, 0.15) is 20.3 Å². The number of hydrogen-bond acceptors (Lipinski definition) is 1. The number of carbonyl (C=O) groups is 1. The fourth-order valence-electron chi connectivity index (χ4n) is 0.755. The van der Waals surface area contributed by atoms with Crippen LogP contribution >= 0.6 is 0 Å². The minimum Gasteiger partial charge on any atom is -0.481 e. The fourth-order valence-corrected chi connectivity index (χ4v) is 0.755. The summed E-state index contributed by atoms with van der Waals surface area (Å²) in [6.45, 7) is 7.26. The Balaban J connectivity index is 3.67. The second kappa shape index (κ2) is 4.09. The number of carboxylic acids is 1. The molecule has 0 saturated heterocycles. The monoisotopic (exact) mass is 142 g/mol. The molecular weight excluding hydrogens is 128 g/mol. The maximum Gasteiger partial charge on any atom is 0.306 e. The molecule has 0 aromatic carbocycles. The highest BCUT2D eigenvalue weighted by Gasteiger charge is 2.12. The molecule has 0 bridgehead atoms. The van der Waals surface area contributed by atoms with Crippen LogP contribution in [0.4, 0.5) is 0 Å². The van der Waals surface area contributed by atoms with Gasteiger partial charge in [0.1, 0.15) is 0 Å². The first-order valence-corrected chi connectivity index (χ1v) is 3.43. The van der Waals surface area contributed by atoms with Crippen molar-refractivity contribution in [2.45, 2.75) is 20.3 Å². The van der Waals surface area contributed by atoms with Crippen LogP contribution in [-0.4, -0.2) is 11.1 Å². The summed E-state index contributed by atoms with van der Waals surface area (Å²) in [5.41, 5.74) is 0. The minimum atomic E-state index is -0.728. The Kier molecular flexibility index (Phi) is 3.77. The van der Waals surface area contributed by atoms with Crippen LogP contribution in [0, 0.1) is 11.8 Å². The van der Waals surface area contributed by atoms with Crippen LogP contribution in [-0.2, 0) is 4.79 Å². The first kappa shape index (κ1) is 9.21. The lowest BCUT2D eigenvalue weighted by Gasteiger charge is -2.08. The van der Waals surface area contributed by atoms with E-state index in [0.29, 0.717) is 12.3 Å². The molecular formula is C8H14O2. The summed E-state index contributed by atoms with van der Waals surface area (Å²) in [6.07, 6.45) is 2.46. The van der Waals surface area contributed by atoms with Crippen molar-refractivity contribution in [3.63, 3.8) is 0 Å². The Morgan fingerprint density at radius 2 is 2.20 bits per heavy atom. The van der Waals surface area contributed by atoms with Gasteiger partial charge in [-0.2, -0.15) is 0 Å². The highest BCUT2D eigenvalue weighted by Crippen LogP contribution is 2.11. The zero-order valence-corrected chi connectivity index (χ0v) is 6.50. The number of hydrogen-bond donors (Lipinski definition) is 1. The predicted octanol–water partition coefficient (Wildman–Crippen LogP) is 1.92. The summed E-state index contributed by atoms with van der Waals surface area (Å²) in [4.78, 5) is 10.3. The molecule has 0 aromatic rings. The largest absolute Gasteiger partial charge is 0.481 e. The van der Waals surface area contributed by atoms with E-state index >= 15 is 0 Å². The Bertz CT molecular complexity index is 129. The van der Waals surface area contributed by atoms with E-state index in [0.717, 1.165) is 0 Å². The summed E-state index contributed by atoms with van der Waals surface area (Å²) in [5, 5.41) is 8.49. The first-order chi connectivity index (χ1) is 4.57. The van der Waals surface area contributed by atoms with Crippen molar-refractivity contribution < 1.29 is 9.90 Å². The maximum absolute atomic E-state index is 10.3. The Hall–Kier alpha value is -0.790. The topological polar surface area (TPSA) is 37.3 Å². The van der Waals surface area contributed by atoms with Crippen LogP contribution in [0.3, 0.4) is 0 Å². The average molecular weight is 142 g/mol. The van der Waals surface area contributed by atoms with Gasteiger partial charge >= 0.3 is 5.97 Å². The Morgan fingerprint density at radius 3 is 2.50 bits per heavy atom. The van der Waals surface area contributed by atoms with E-state index in [1.54, 1.807) is 13.0 Å². The average Bonchev–Trinajstić information content (AvgIpc) is 1.87. The van der Waals surface area contributed by atoms with Gasteiger partial charge in [-0.15, -0.1) is 6.58 Å². The molecule has 0 rings (SSSR count). The molecule has 0 amide bonds. The molecule has 0 saturated carbocycles. The van der Waals surface area contributed by atoms with Gasteiger partial charge < -0.3 is 5.11 Å². The van der Waals surface area contributed by atoms with Crippen molar-refractivity contribution in [2.24, 2.45) is 11.8 Å². The van der Waals surface area contributed by atoms with Crippen molar-refractivity contribution in [3.8, 4) is 0 Å². The van der Waals surface area contributed by atoms with E-state index in [1.807, 2.05) is 6.92 Å². The van der Waals surface area contributed by atoms with Gasteiger partial charge in [-0.25, -0.2) is 0 Å². The number of rotatable bonds is 4. The third-order valence-corrected chi connectivity index (χ3v) is 1.55. The standard InChI is InChI=1S/C8H14O2/c1-4-6(2)5-7(3)8(9)10/h4,6-7H,1,5H2,2-3H3,(H,9,10)/t6-,7+/m0/s1. The first-order valence-electron chi connectivity index (χ1n) is 3.43. The lowest BCUT2D eigenvalue weighted by molar-refractivity contribution is -0.141. The van der Waals surface area contributed by atoms with E-state index < -0.39 is 5.97 Å². The maximum atomic E-state index is 10.3. The summed E-state index contributed by atoms with van der Waals surface area (Å²) < 4.78 is 0. The summed E-state index contributed by atoms with van der Waals surface area (Å²) in [6, 6.07) is 0. The van der Waals surface area contributed by atoms with Crippen LogP contribution in [0.15, 0.2) is 12.7 Å². The highest BCUT2D eigenvalue weighted by molar-refractivity contribution is 5.69. The van der Waals surface area contributed by atoms with Crippen LogP contribution in [0.25, 0.3) is 0 Å². The lowest BCUT2D eigenvalue weighted by atomic mass is 9.98. The molecule has 0 aliphatic carbocycles. The number of aliphatic carboxylic acids is 1. The fraction of sp³-hybridized carbons (Fsp3) is 0.625. The molecule has 2 heteroatoms. The van der Waals surface area contributed by atoms with E-state index in [-0.39, 0.29) is 5.92 Å². The van der Waals surface area contributed by atoms with Crippen molar-refractivity contribution in [3.05, 3.63) is 12.7 Å². The molecule has 0 fully saturated rings. The van der Waals surface area contributed by atoms with Gasteiger partial charge in [0.05, 0.1) is 5.92 Å². The van der Waals surface area contributed by atoms with Gasteiger partial charge in [0.25, 0.3) is 0 Å². The smallest absolute Gasteiger partial charge is 0.306 e. The zero-order chi connectivity index (χ0) is 8.15. The SMILES string of the molecule is C=C[C@H](C)C[C@@H](C)C(=O)O. The molecule has 0 aliphatic heterocycles. The number of carboxylic acid groups (broad SMARTS) is 1. The molecule has 2 atom stereocenters. The molecule has 10 heavy (non-hydrogen) atoms. The lowest BCUT2D eigenvalue weighted by Crippen LogP contribution is -2.11. The Morgan fingerprint density at radius 1 is 1.70 bits per heavy atom. The molecule has 58 valence electrons. The van der Waals surface area contributed by atoms with Gasteiger partial charge in [-0.05, 0) is 12.3 Å². The van der Waals surface area contributed by atoms with Gasteiger partial charge in [0.15, 0.2) is 0 Å². The molecule has 0 unspecified atom stereocenters. The van der Waals surface area contributed by atoms with Crippen molar-refractivity contribution >= 4 is 5.97 Å². The third-order valence-electron chi connectivity index (χ3n) is 1.55. The predicted molar refractivity (Wildman–Crippen MR) is 40.8 cm³/mol. The van der Waals surface area contributed by atoms with Gasteiger partial charge in [-0.3, -0.25) is 4.79 Å². The molecule has 0 aliphatic rings. The molecule has 0 heterocycles. The van der Waals surface area contributed by atoms with E-state index in [9.17, 15) is 4.79 Å². The quantitative estimate of drug-likeness (QED) is 0.609. The minimum absolute atomic E-state index is 0.256. The second-order valence-corrected chi connectivity index (χ2v) is 2.69. The van der Waals surface area contributed by atoms with Gasteiger partial charge in [0.2, 0.25) is 0 Å². The van der Waals surface area contributed by atoms with E-state index in [4.69, 9.17) is 5.11 Å². The van der Waals surface area contributed by atoms with Crippen LogP contribution < -0.4 is 0 Å². The molecule has 0 radical (unpaired) electrons. The summed E-state index contributed by atoms with van der Waals surface area (Å²) in [7, 11) is 0.